The summed E-state index contributed by atoms with van der Waals surface area (Å²) in [5, 5.41) is 24.7. The second kappa shape index (κ2) is 7.59. The molecule has 1 rings (SSSR count). The Bertz CT molecular complexity index is 291. The highest BCUT2D eigenvalue weighted by Crippen LogP contribution is 2.14. The first-order valence-electron chi connectivity index (χ1n) is 5.51. The van der Waals surface area contributed by atoms with Crippen molar-refractivity contribution in [1.82, 2.24) is 25.5 Å². The molecule has 0 amide bonds. The van der Waals surface area contributed by atoms with Crippen LogP contribution < -0.4 is 5.32 Å². The zero-order valence-corrected chi connectivity index (χ0v) is 10.6. The van der Waals surface area contributed by atoms with Gasteiger partial charge in [-0.15, -0.1) is 5.10 Å². The van der Waals surface area contributed by atoms with Crippen LogP contribution >= 0.6 is 11.8 Å². The van der Waals surface area contributed by atoms with Gasteiger partial charge in [0.1, 0.15) is 0 Å². The molecular formula is C9H19N5OS. The lowest BCUT2D eigenvalue weighted by Gasteiger charge is -2.06. The van der Waals surface area contributed by atoms with E-state index in [1.807, 2.05) is 0 Å². The molecule has 16 heavy (non-hydrogen) atoms. The minimum atomic E-state index is -0.339. The Morgan fingerprint density at radius 2 is 2.31 bits per heavy atom. The molecular weight excluding hydrogens is 226 g/mol. The van der Waals surface area contributed by atoms with Gasteiger partial charge in [-0.3, -0.25) is 0 Å². The summed E-state index contributed by atoms with van der Waals surface area (Å²) in [7, 11) is 0. The molecule has 0 saturated heterocycles. The van der Waals surface area contributed by atoms with Crippen LogP contribution in [0.3, 0.4) is 0 Å². The zero-order valence-electron chi connectivity index (χ0n) is 9.76. The molecule has 92 valence electrons. The Hall–Kier alpha value is -0.660. The van der Waals surface area contributed by atoms with E-state index in [0.717, 1.165) is 31.2 Å². The molecule has 0 aromatic carbocycles. The van der Waals surface area contributed by atoms with Crippen molar-refractivity contribution >= 4 is 11.8 Å². The highest BCUT2D eigenvalue weighted by atomic mass is 32.2. The molecule has 1 atom stereocenters. The predicted octanol–water partition coefficient (Wildman–Crippen LogP) is 0.146. The molecule has 0 saturated carbocycles. The van der Waals surface area contributed by atoms with Gasteiger partial charge in [-0.05, 0) is 30.3 Å². The lowest BCUT2D eigenvalue weighted by atomic mass is 10.5. The van der Waals surface area contributed by atoms with E-state index in [9.17, 15) is 5.11 Å². The Morgan fingerprint density at radius 1 is 1.50 bits per heavy atom. The van der Waals surface area contributed by atoms with E-state index in [1.165, 1.54) is 11.8 Å². The molecule has 1 heterocycles. The maximum absolute atomic E-state index is 9.18. The van der Waals surface area contributed by atoms with E-state index in [0.29, 0.717) is 5.75 Å². The van der Waals surface area contributed by atoms with Gasteiger partial charge >= 0.3 is 0 Å². The average molecular weight is 245 g/mol. The SMILES string of the molecule is CCCNCCn1nnnc1SCC(C)O. The van der Waals surface area contributed by atoms with Crippen LogP contribution in [0.5, 0.6) is 0 Å². The second-order valence-electron chi connectivity index (χ2n) is 3.59. The highest BCUT2D eigenvalue weighted by Gasteiger charge is 2.07. The lowest BCUT2D eigenvalue weighted by molar-refractivity contribution is 0.220. The van der Waals surface area contributed by atoms with Gasteiger partial charge in [0.2, 0.25) is 5.16 Å². The Kier molecular flexibility index (Phi) is 6.36. The quantitative estimate of drug-likeness (QED) is 0.501. The van der Waals surface area contributed by atoms with Crippen LogP contribution in [-0.2, 0) is 6.54 Å². The Morgan fingerprint density at radius 3 is 3.00 bits per heavy atom. The van der Waals surface area contributed by atoms with Crippen molar-refractivity contribution < 1.29 is 5.11 Å². The van der Waals surface area contributed by atoms with Gasteiger partial charge in [0, 0.05) is 12.3 Å². The number of aliphatic hydroxyl groups excluding tert-OH is 1. The van der Waals surface area contributed by atoms with Crippen molar-refractivity contribution in [3.05, 3.63) is 0 Å². The number of aromatic nitrogens is 4. The van der Waals surface area contributed by atoms with Crippen LogP contribution in [-0.4, -0.2) is 50.3 Å². The summed E-state index contributed by atoms with van der Waals surface area (Å²) in [4.78, 5) is 0. The molecule has 0 aliphatic heterocycles. The third-order valence-corrected chi connectivity index (χ3v) is 3.08. The maximum Gasteiger partial charge on any atom is 0.209 e. The number of thioether (sulfide) groups is 1. The number of hydrogen-bond donors (Lipinski definition) is 2. The molecule has 1 aromatic heterocycles. The van der Waals surface area contributed by atoms with Gasteiger partial charge < -0.3 is 10.4 Å². The molecule has 1 aromatic rings. The molecule has 0 fully saturated rings. The fraction of sp³-hybridized carbons (Fsp3) is 0.889. The first-order chi connectivity index (χ1) is 7.74. The van der Waals surface area contributed by atoms with Crippen LogP contribution in [0.1, 0.15) is 20.3 Å². The summed E-state index contributed by atoms with van der Waals surface area (Å²) in [6.45, 7) is 6.52. The van der Waals surface area contributed by atoms with E-state index in [2.05, 4.69) is 27.8 Å². The Labute approximate surface area is 99.8 Å². The summed E-state index contributed by atoms with van der Waals surface area (Å²) in [5.74, 6) is 0.614. The monoisotopic (exact) mass is 245 g/mol. The van der Waals surface area contributed by atoms with Crippen molar-refractivity contribution in [1.29, 1.82) is 0 Å². The molecule has 1 unspecified atom stereocenters. The first-order valence-corrected chi connectivity index (χ1v) is 6.50. The van der Waals surface area contributed by atoms with E-state index >= 15 is 0 Å². The van der Waals surface area contributed by atoms with Crippen molar-refractivity contribution in [2.24, 2.45) is 0 Å². The third kappa shape index (κ3) is 4.91. The van der Waals surface area contributed by atoms with Crippen LogP contribution in [0.15, 0.2) is 5.16 Å². The molecule has 0 bridgehead atoms. The molecule has 2 N–H and O–H groups in total. The standard InChI is InChI=1S/C9H19N5OS/c1-3-4-10-5-6-14-9(11-12-13-14)16-7-8(2)15/h8,10,15H,3-7H2,1-2H3. The number of hydrogen-bond acceptors (Lipinski definition) is 6. The number of rotatable bonds is 8. The van der Waals surface area contributed by atoms with Gasteiger partial charge in [-0.2, -0.15) is 0 Å². The summed E-state index contributed by atoms with van der Waals surface area (Å²) in [6, 6.07) is 0. The Balaban J connectivity index is 2.32. The fourth-order valence-electron chi connectivity index (χ4n) is 1.12. The largest absolute Gasteiger partial charge is 0.393 e. The number of nitrogens with zero attached hydrogens (tertiary/aromatic N) is 4. The van der Waals surface area contributed by atoms with Crippen LogP contribution in [0.2, 0.25) is 0 Å². The zero-order chi connectivity index (χ0) is 11.8. The predicted molar refractivity (Wildman–Crippen MR) is 63.4 cm³/mol. The van der Waals surface area contributed by atoms with Gasteiger partial charge in [-0.25, -0.2) is 4.68 Å². The van der Waals surface area contributed by atoms with Gasteiger partial charge in [-0.1, -0.05) is 18.7 Å². The fourth-order valence-corrected chi connectivity index (χ4v) is 1.88. The van der Waals surface area contributed by atoms with E-state index in [4.69, 9.17) is 0 Å². The van der Waals surface area contributed by atoms with Crippen molar-refractivity contribution in [2.75, 3.05) is 18.8 Å². The minimum absolute atomic E-state index is 0.339. The topological polar surface area (TPSA) is 75.9 Å². The second-order valence-corrected chi connectivity index (χ2v) is 4.58. The summed E-state index contributed by atoms with van der Waals surface area (Å²) >= 11 is 1.47. The normalized spacial score (nSPS) is 12.9. The molecule has 0 aliphatic carbocycles. The van der Waals surface area contributed by atoms with Crippen molar-refractivity contribution in [3.63, 3.8) is 0 Å². The van der Waals surface area contributed by atoms with Gasteiger partial charge in [0.15, 0.2) is 0 Å². The number of aliphatic hydroxyl groups is 1. The van der Waals surface area contributed by atoms with E-state index in [1.54, 1.807) is 11.6 Å². The molecule has 0 aliphatic rings. The minimum Gasteiger partial charge on any atom is -0.393 e. The smallest absolute Gasteiger partial charge is 0.209 e. The molecule has 6 nitrogen and oxygen atoms in total. The average Bonchev–Trinajstić information content (AvgIpc) is 2.69. The van der Waals surface area contributed by atoms with Crippen LogP contribution in [0, 0.1) is 0 Å². The molecule has 7 heteroatoms. The van der Waals surface area contributed by atoms with E-state index in [-0.39, 0.29) is 6.10 Å². The number of nitrogens with one attached hydrogen (secondary N) is 1. The molecule has 0 spiro atoms. The highest BCUT2D eigenvalue weighted by molar-refractivity contribution is 7.99. The van der Waals surface area contributed by atoms with Gasteiger partial charge in [0.25, 0.3) is 0 Å². The van der Waals surface area contributed by atoms with Crippen molar-refractivity contribution in [2.45, 2.75) is 38.1 Å². The summed E-state index contributed by atoms with van der Waals surface area (Å²) < 4.78 is 1.76. The third-order valence-electron chi connectivity index (χ3n) is 1.88. The molecule has 0 radical (unpaired) electrons. The van der Waals surface area contributed by atoms with Crippen molar-refractivity contribution in [3.8, 4) is 0 Å². The van der Waals surface area contributed by atoms with Crippen LogP contribution in [0.25, 0.3) is 0 Å². The van der Waals surface area contributed by atoms with Gasteiger partial charge in [0.05, 0.1) is 12.6 Å². The van der Waals surface area contributed by atoms with E-state index < -0.39 is 0 Å². The first kappa shape index (κ1) is 13.4. The number of tetrazole rings is 1. The summed E-state index contributed by atoms with van der Waals surface area (Å²) in [5.41, 5.74) is 0. The lowest BCUT2D eigenvalue weighted by Crippen LogP contribution is -2.21. The maximum atomic E-state index is 9.18. The summed E-state index contributed by atoms with van der Waals surface area (Å²) in [6.07, 6.45) is 0.785. The van der Waals surface area contributed by atoms with Crippen LogP contribution in [0.4, 0.5) is 0 Å².